The van der Waals surface area contributed by atoms with Crippen molar-refractivity contribution in [1.82, 2.24) is 5.32 Å². The van der Waals surface area contributed by atoms with Crippen LogP contribution in [0.1, 0.15) is 12.8 Å². The molecule has 0 radical (unpaired) electrons. The highest BCUT2D eigenvalue weighted by Gasteiger charge is 2.16. The van der Waals surface area contributed by atoms with Gasteiger partial charge in [-0.15, -0.1) is 0 Å². The van der Waals surface area contributed by atoms with E-state index in [1.807, 2.05) is 0 Å². The van der Waals surface area contributed by atoms with Gasteiger partial charge < -0.3 is 15.2 Å². The molecule has 1 fully saturated rings. The minimum Gasteiger partial charge on any atom is -0.391 e. The first-order valence-electron chi connectivity index (χ1n) is 4.41. The summed E-state index contributed by atoms with van der Waals surface area (Å²) in [6.45, 7) is 4.54. The second-order valence-electron chi connectivity index (χ2n) is 3.12. The van der Waals surface area contributed by atoms with Crippen molar-refractivity contribution in [2.75, 3.05) is 19.8 Å². The zero-order valence-electron chi connectivity index (χ0n) is 7.58. The summed E-state index contributed by atoms with van der Waals surface area (Å²) >= 11 is 0. The van der Waals surface area contributed by atoms with Crippen LogP contribution in [0.25, 0.3) is 0 Å². The van der Waals surface area contributed by atoms with Crippen LogP contribution in [0.2, 0.25) is 0 Å². The van der Waals surface area contributed by atoms with Gasteiger partial charge in [-0.3, -0.25) is 4.79 Å². The third-order valence-electron chi connectivity index (χ3n) is 2.07. The van der Waals surface area contributed by atoms with Crippen molar-refractivity contribution in [3.8, 4) is 0 Å². The van der Waals surface area contributed by atoms with Gasteiger partial charge in [-0.1, -0.05) is 6.58 Å². The van der Waals surface area contributed by atoms with Crippen LogP contribution in [-0.2, 0) is 9.53 Å². The average Bonchev–Trinajstić information content (AvgIpc) is 2.18. The lowest BCUT2D eigenvalue weighted by molar-refractivity contribution is -0.119. The fourth-order valence-corrected chi connectivity index (χ4v) is 1.20. The van der Waals surface area contributed by atoms with Crippen molar-refractivity contribution >= 4 is 5.91 Å². The Morgan fingerprint density at radius 1 is 1.54 bits per heavy atom. The van der Waals surface area contributed by atoms with Crippen LogP contribution in [0.3, 0.4) is 0 Å². The predicted molar refractivity (Wildman–Crippen MR) is 48.2 cm³/mol. The Labute approximate surface area is 77.6 Å². The number of amides is 1. The van der Waals surface area contributed by atoms with Crippen molar-refractivity contribution < 1.29 is 14.6 Å². The highest BCUT2D eigenvalue weighted by molar-refractivity contribution is 5.93. The minimum atomic E-state index is -0.283. The molecule has 1 aliphatic rings. The van der Waals surface area contributed by atoms with Crippen molar-refractivity contribution in [3.05, 3.63) is 12.2 Å². The first-order valence-corrected chi connectivity index (χ1v) is 4.41. The summed E-state index contributed by atoms with van der Waals surface area (Å²) in [5, 5.41) is 11.4. The fourth-order valence-electron chi connectivity index (χ4n) is 1.20. The molecule has 0 aromatic heterocycles. The quantitative estimate of drug-likeness (QED) is 0.600. The van der Waals surface area contributed by atoms with E-state index < -0.39 is 0 Å². The molecule has 0 aliphatic carbocycles. The minimum absolute atomic E-state index is 0.171. The Morgan fingerprint density at radius 2 is 2.15 bits per heavy atom. The van der Waals surface area contributed by atoms with E-state index in [-0.39, 0.29) is 24.1 Å². The summed E-state index contributed by atoms with van der Waals surface area (Å²) in [4.78, 5) is 11.2. The van der Waals surface area contributed by atoms with Crippen LogP contribution in [0, 0.1) is 0 Å². The van der Waals surface area contributed by atoms with E-state index in [4.69, 9.17) is 9.84 Å². The van der Waals surface area contributed by atoms with E-state index in [1.54, 1.807) is 0 Å². The van der Waals surface area contributed by atoms with E-state index in [9.17, 15) is 4.79 Å². The van der Waals surface area contributed by atoms with Crippen LogP contribution in [0.5, 0.6) is 0 Å². The van der Waals surface area contributed by atoms with E-state index in [2.05, 4.69) is 11.9 Å². The topological polar surface area (TPSA) is 58.6 Å². The first kappa shape index (κ1) is 10.2. The van der Waals surface area contributed by atoms with E-state index >= 15 is 0 Å². The number of carbonyl (C=O) groups excluding carboxylic acids is 1. The number of hydrogen-bond donors (Lipinski definition) is 2. The zero-order valence-corrected chi connectivity index (χ0v) is 7.58. The van der Waals surface area contributed by atoms with E-state index in [0.717, 1.165) is 12.8 Å². The number of aliphatic hydroxyl groups excluding tert-OH is 1. The van der Waals surface area contributed by atoms with Gasteiger partial charge in [-0.05, 0) is 12.8 Å². The maximum absolute atomic E-state index is 11.2. The molecule has 4 heteroatoms. The molecule has 0 saturated carbocycles. The summed E-state index contributed by atoms with van der Waals surface area (Å²) in [6.07, 6.45) is 1.68. The highest BCUT2D eigenvalue weighted by atomic mass is 16.5. The van der Waals surface area contributed by atoms with Crippen LogP contribution < -0.4 is 5.32 Å². The molecular formula is C9H15NO3. The smallest absolute Gasteiger partial charge is 0.249 e. The van der Waals surface area contributed by atoms with Crippen LogP contribution in [0.15, 0.2) is 12.2 Å². The van der Waals surface area contributed by atoms with Crippen molar-refractivity contribution in [3.63, 3.8) is 0 Å². The molecule has 1 heterocycles. The molecule has 0 aromatic rings. The molecule has 4 nitrogen and oxygen atoms in total. The summed E-state index contributed by atoms with van der Waals surface area (Å²) in [6, 6.07) is 0.171. The molecule has 0 aromatic carbocycles. The third-order valence-corrected chi connectivity index (χ3v) is 2.07. The largest absolute Gasteiger partial charge is 0.391 e. The van der Waals surface area contributed by atoms with Gasteiger partial charge in [-0.2, -0.15) is 0 Å². The molecule has 1 amide bonds. The number of nitrogens with one attached hydrogen (secondary N) is 1. The predicted octanol–water partition coefficient (Wildman–Crippen LogP) is -0.170. The van der Waals surface area contributed by atoms with Gasteiger partial charge in [0.2, 0.25) is 5.91 Å². The molecule has 0 unspecified atom stereocenters. The third kappa shape index (κ3) is 3.16. The fraction of sp³-hybridized carbons (Fsp3) is 0.667. The molecule has 1 aliphatic heterocycles. The number of carbonyl (C=O) groups is 1. The molecule has 0 spiro atoms. The number of hydrogen-bond acceptors (Lipinski definition) is 3. The summed E-state index contributed by atoms with van der Waals surface area (Å²) < 4.78 is 5.14. The van der Waals surface area contributed by atoms with Gasteiger partial charge in [0, 0.05) is 24.8 Å². The van der Waals surface area contributed by atoms with Crippen LogP contribution >= 0.6 is 0 Å². The lowest BCUT2D eigenvalue weighted by atomic mass is 10.1. The normalized spacial score (nSPS) is 18.2. The number of ether oxygens (including phenoxy) is 1. The van der Waals surface area contributed by atoms with Gasteiger partial charge >= 0.3 is 0 Å². The van der Waals surface area contributed by atoms with Crippen molar-refractivity contribution in [2.45, 2.75) is 18.9 Å². The SMILES string of the molecule is C=C(CO)C(=O)NC1CCOCC1. The monoisotopic (exact) mass is 185 g/mol. The summed E-state index contributed by atoms with van der Waals surface area (Å²) in [5.41, 5.74) is 0.214. The van der Waals surface area contributed by atoms with Gasteiger partial charge in [0.25, 0.3) is 0 Å². The van der Waals surface area contributed by atoms with Gasteiger partial charge in [-0.25, -0.2) is 0 Å². The maximum atomic E-state index is 11.2. The number of aliphatic hydroxyl groups is 1. The Morgan fingerprint density at radius 3 is 2.69 bits per heavy atom. The van der Waals surface area contributed by atoms with E-state index in [0.29, 0.717) is 13.2 Å². The standard InChI is InChI=1S/C9H15NO3/c1-7(6-11)9(12)10-8-2-4-13-5-3-8/h8,11H,1-6H2,(H,10,12). The Hall–Kier alpha value is -0.870. The maximum Gasteiger partial charge on any atom is 0.249 e. The molecule has 2 N–H and O–H groups in total. The summed E-state index contributed by atoms with van der Waals surface area (Å²) in [7, 11) is 0. The van der Waals surface area contributed by atoms with Crippen molar-refractivity contribution in [2.24, 2.45) is 0 Å². The van der Waals surface area contributed by atoms with Crippen LogP contribution in [0.4, 0.5) is 0 Å². The second-order valence-corrected chi connectivity index (χ2v) is 3.12. The molecule has 13 heavy (non-hydrogen) atoms. The van der Waals surface area contributed by atoms with E-state index in [1.165, 1.54) is 0 Å². The molecule has 0 atom stereocenters. The lowest BCUT2D eigenvalue weighted by Crippen LogP contribution is -2.39. The summed E-state index contributed by atoms with van der Waals surface area (Å²) in [5.74, 6) is -0.255. The first-order chi connectivity index (χ1) is 6.24. The van der Waals surface area contributed by atoms with Gasteiger partial charge in [0.15, 0.2) is 0 Å². The molecule has 0 bridgehead atoms. The van der Waals surface area contributed by atoms with Crippen molar-refractivity contribution in [1.29, 1.82) is 0 Å². The Kier molecular flexibility index (Phi) is 3.92. The Bertz CT molecular complexity index is 197. The van der Waals surface area contributed by atoms with Gasteiger partial charge in [0.05, 0.1) is 6.61 Å². The highest BCUT2D eigenvalue weighted by Crippen LogP contribution is 2.06. The number of rotatable bonds is 3. The molecule has 1 saturated heterocycles. The average molecular weight is 185 g/mol. The molecular weight excluding hydrogens is 170 g/mol. The zero-order chi connectivity index (χ0) is 9.68. The van der Waals surface area contributed by atoms with Crippen LogP contribution in [-0.4, -0.2) is 36.9 Å². The lowest BCUT2D eigenvalue weighted by Gasteiger charge is -2.23. The molecule has 1 rings (SSSR count). The molecule has 74 valence electrons. The Balaban J connectivity index is 2.30. The van der Waals surface area contributed by atoms with Gasteiger partial charge in [0.1, 0.15) is 0 Å². The second kappa shape index (κ2) is 4.99.